The average Bonchev–Trinajstić information content (AvgIpc) is 2.38. The van der Waals surface area contributed by atoms with Crippen molar-refractivity contribution >= 4 is 15.8 Å². The number of anilines is 1. The van der Waals surface area contributed by atoms with Crippen molar-refractivity contribution < 1.29 is 8.42 Å². The molecule has 2 aromatic rings. The van der Waals surface area contributed by atoms with Crippen molar-refractivity contribution in [3.63, 3.8) is 0 Å². The summed E-state index contributed by atoms with van der Waals surface area (Å²) in [7, 11) is -3.73. The summed E-state index contributed by atoms with van der Waals surface area (Å²) in [6.07, 6.45) is 4.16. The molecule has 7 heteroatoms. The lowest BCUT2D eigenvalue weighted by Crippen LogP contribution is -2.15. The topological polar surface area (TPSA) is 95.7 Å². The fourth-order valence-electron chi connectivity index (χ4n) is 1.56. The van der Waals surface area contributed by atoms with E-state index in [2.05, 4.69) is 14.7 Å². The Morgan fingerprint density at radius 1 is 1.32 bits per heavy atom. The van der Waals surface area contributed by atoms with Gasteiger partial charge in [-0.3, -0.25) is 9.71 Å². The Morgan fingerprint density at radius 2 is 2.11 bits per heavy atom. The van der Waals surface area contributed by atoms with E-state index in [0.717, 1.165) is 0 Å². The van der Waals surface area contributed by atoms with Crippen LogP contribution >= 0.6 is 0 Å². The highest BCUT2D eigenvalue weighted by Gasteiger charge is 2.17. The van der Waals surface area contributed by atoms with Gasteiger partial charge in [0.05, 0.1) is 22.7 Å². The molecule has 0 spiro atoms. The van der Waals surface area contributed by atoms with E-state index >= 15 is 0 Å². The molecule has 1 heterocycles. The number of hydrogen-bond donors (Lipinski definition) is 1. The summed E-state index contributed by atoms with van der Waals surface area (Å²) in [5, 5.41) is 8.76. The van der Waals surface area contributed by atoms with Gasteiger partial charge < -0.3 is 0 Å². The smallest absolute Gasteiger partial charge is 0.262 e. The van der Waals surface area contributed by atoms with E-state index in [1.165, 1.54) is 36.8 Å². The summed E-state index contributed by atoms with van der Waals surface area (Å²) in [6.45, 7) is 1.63. The molecule has 6 nitrogen and oxygen atoms in total. The van der Waals surface area contributed by atoms with Crippen molar-refractivity contribution in [2.45, 2.75) is 11.8 Å². The number of rotatable bonds is 3. The summed E-state index contributed by atoms with van der Waals surface area (Å²) >= 11 is 0. The van der Waals surface area contributed by atoms with Gasteiger partial charge in [-0.1, -0.05) is 0 Å². The van der Waals surface area contributed by atoms with E-state index in [1.54, 1.807) is 6.92 Å². The number of sulfonamides is 1. The van der Waals surface area contributed by atoms with E-state index in [-0.39, 0.29) is 10.7 Å². The predicted octanol–water partition coefficient (Wildman–Crippen LogP) is 1.46. The highest BCUT2D eigenvalue weighted by Crippen LogP contribution is 2.18. The molecule has 0 unspecified atom stereocenters. The minimum absolute atomic E-state index is 0.108. The molecule has 96 valence electrons. The fraction of sp³-hybridized carbons (Fsp3) is 0.0833. The van der Waals surface area contributed by atoms with Crippen LogP contribution in [0.2, 0.25) is 0 Å². The maximum Gasteiger partial charge on any atom is 0.263 e. The van der Waals surface area contributed by atoms with Crippen molar-refractivity contribution in [3.8, 4) is 6.07 Å². The summed E-state index contributed by atoms with van der Waals surface area (Å²) in [4.78, 5) is 7.74. The molecule has 19 heavy (non-hydrogen) atoms. The number of aromatic nitrogens is 2. The third-order valence-corrected chi connectivity index (χ3v) is 3.91. The number of nitrogens with zero attached hydrogens (tertiary/aromatic N) is 3. The molecule has 1 N–H and O–H groups in total. The Kier molecular flexibility index (Phi) is 3.44. The molecule has 0 bridgehead atoms. The van der Waals surface area contributed by atoms with Gasteiger partial charge in [-0.05, 0) is 30.7 Å². The highest BCUT2D eigenvalue weighted by atomic mass is 32.2. The van der Waals surface area contributed by atoms with Gasteiger partial charge in [0.25, 0.3) is 10.0 Å². The van der Waals surface area contributed by atoms with Gasteiger partial charge in [-0.25, -0.2) is 13.4 Å². The largest absolute Gasteiger partial charge is 0.263 e. The van der Waals surface area contributed by atoms with Crippen molar-refractivity contribution in [2.75, 3.05) is 4.72 Å². The zero-order valence-corrected chi connectivity index (χ0v) is 10.8. The molecule has 0 aliphatic heterocycles. The van der Waals surface area contributed by atoms with E-state index in [4.69, 9.17) is 5.26 Å². The van der Waals surface area contributed by atoms with E-state index in [9.17, 15) is 8.42 Å². The summed E-state index contributed by atoms with van der Waals surface area (Å²) in [6, 6.07) is 6.33. The normalized spacial score (nSPS) is 10.7. The number of hydrogen-bond acceptors (Lipinski definition) is 5. The second kappa shape index (κ2) is 5.04. The van der Waals surface area contributed by atoms with Crippen LogP contribution in [0.5, 0.6) is 0 Å². The van der Waals surface area contributed by atoms with E-state index < -0.39 is 10.0 Å². The number of benzene rings is 1. The van der Waals surface area contributed by atoms with Crippen LogP contribution in [-0.2, 0) is 10.0 Å². The third kappa shape index (κ3) is 2.86. The van der Waals surface area contributed by atoms with Crippen LogP contribution in [0.4, 0.5) is 5.82 Å². The van der Waals surface area contributed by atoms with Crippen molar-refractivity contribution in [3.05, 3.63) is 47.9 Å². The van der Waals surface area contributed by atoms with Crippen LogP contribution < -0.4 is 4.72 Å². The second-order valence-electron chi connectivity index (χ2n) is 3.79. The third-order valence-electron chi connectivity index (χ3n) is 2.40. The predicted molar refractivity (Wildman–Crippen MR) is 68.7 cm³/mol. The first-order valence-electron chi connectivity index (χ1n) is 5.32. The number of nitriles is 1. The van der Waals surface area contributed by atoms with Crippen LogP contribution in [0.1, 0.15) is 11.1 Å². The quantitative estimate of drug-likeness (QED) is 0.914. The Bertz CT molecular complexity index is 736. The standard InChI is InChI=1S/C12H10N4O2S/c1-9-6-10(7-13)2-3-11(9)19(17,18)16-12-8-14-4-5-15-12/h2-6,8H,1H3,(H,15,16). The minimum atomic E-state index is -3.73. The lowest BCUT2D eigenvalue weighted by molar-refractivity contribution is 0.600. The second-order valence-corrected chi connectivity index (χ2v) is 5.44. The molecular weight excluding hydrogens is 264 g/mol. The SMILES string of the molecule is Cc1cc(C#N)ccc1S(=O)(=O)Nc1cnccn1. The molecule has 1 aromatic carbocycles. The Hall–Kier alpha value is -2.46. The van der Waals surface area contributed by atoms with Crippen LogP contribution in [-0.4, -0.2) is 18.4 Å². The lowest BCUT2D eigenvalue weighted by atomic mass is 10.2. The zero-order valence-electron chi connectivity index (χ0n) is 10.0. The van der Waals surface area contributed by atoms with Crippen LogP contribution in [0, 0.1) is 18.3 Å². The van der Waals surface area contributed by atoms with Gasteiger partial charge in [0.2, 0.25) is 0 Å². The monoisotopic (exact) mass is 274 g/mol. The Morgan fingerprint density at radius 3 is 2.68 bits per heavy atom. The first kappa shape index (κ1) is 13.0. The molecule has 0 saturated carbocycles. The molecule has 2 rings (SSSR count). The number of aryl methyl sites for hydroxylation is 1. The van der Waals surface area contributed by atoms with Crippen LogP contribution in [0.25, 0.3) is 0 Å². The van der Waals surface area contributed by atoms with E-state index in [0.29, 0.717) is 11.1 Å². The Balaban J connectivity index is 2.38. The molecular formula is C12H10N4O2S. The number of nitrogens with one attached hydrogen (secondary N) is 1. The maximum absolute atomic E-state index is 12.2. The summed E-state index contributed by atoms with van der Waals surface area (Å²) < 4.78 is 26.6. The minimum Gasteiger partial charge on any atom is -0.262 e. The molecule has 1 aromatic heterocycles. The first-order chi connectivity index (χ1) is 9.03. The molecule has 0 aliphatic rings. The van der Waals surface area contributed by atoms with Crippen molar-refractivity contribution in [2.24, 2.45) is 0 Å². The Labute approximate surface area is 110 Å². The molecule has 0 amide bonds. The van der Waals surface area contributed by atoms with Crippen molar-refractivity contribution in [1.82, 2.24) is 9.97 Å². The van der Waals surface area contributed by atoms with Gasteiger partial charge in [-0.15, -0.1) is 0 Å². The molecule has 0 atom stereocenters. The highest BCUT2D eigenvalue weighted by molar-refractivity contribution is 7.92. The zero-order chi connectivity index (χ0) is 13.9. The fourth-order valence-corrected chi connectivity index (χ4v) is 2.79. The molecule has 0 aliphatic carbocycles. The lowest BCUT2D eigenvalue weighted by Gasteiger charge is -2.09. The van der Waals surface area contributed by atoms with Gasteiger partial charge >= 0.3 is 0 Å². The maximum atomic E-state index is 12.2. The van der Waals surface area contributed by atoms with Gasteiger partial charge in [0, 0.05) is 12.4 Å². The van der Waals surface area contributed by atoms with Gasteiger partial charge in [-0.2, -0.15) is 5.26 Å². The first-order valence-corrected chi connectivity index (χ1v) is 6.81. The summed E-state index contributed by atoms with van der Waals surface area (Å²) in [5.74, 6) is 0.145. The van der Waals surface area contributed by atoms with E-state index in [1.807, 2.05) is 6.07 Å². The molecule has 0 saturated heterocycles. The summed E-state index contributed by atoms with van der Waals surface area (Å²) in [5.41, 5.74) is 0.909. The molecule has 0 fully saturated rings. The van der Waals surface area contributed by atoms with Gasteiger partial charge in [0.1, 0.15) is 0 Å². The van der Waals surface area contributed by atoms with Crippen molar-refractivity contribution in [1.29, 1.82) is 5.26 Å². The van der Waals surface area contributed by atoms with Crippen LogP contribution in [0.3, 0.4) is 0 Å². The van der Waals surface area contributed by atoms with Crippen LogP contribution in [0.15, 0.2) is 41.7 Å². The molecule has 0 radical (unpaired) electrons. The average molecular weight is 274 g/mol. The van der Waals surface area contributed by atoms with Gasteiger partial charge in [0.15, 0.2) is 5.82 Å².